The summed E-state index contributed by atoms with van der Waals surface area (Å²) in [6.07, 6.45) is 5.31. The molecule has 0 bridgehead atoms. The Kier molecular flexibility index (Phi) is 10.0. The second-order valence-corrected chi connectivity index (χ2v) is 7.42. The Bertz CT molecular complexity index is 626. The van der Waals surface area contributed by atoms with E-state index >= 15 is 0 Å². The Balaban J connectivity index is 2.01. The van der Waals surface area contributed by atoms with Crippen LogP contribution in [0.2, 0.25) is 0 Å². The maximum atomic E-state index is 13.0. The molecule has 0 spiro atoms. The highest BCUT2D eigenvalue weighted by Gasteiger charge is 2.21. The molecule has 0 N–H and O–H groups in total. The first kappa shape index (κ1) is 23.2. The van der Waals surface area contributed by atoms with Crippen LogP contribution in [0.5, 0.6) is 0 Å². The minimum Gasteiger partial charge on any atom is -0.379 e. The van der Waals surface area contributed by atoms with Crippen LogP contribution in [-0.2, 0) is 9.53 Å². The monoisotopic (exact) mass is 405 g/mol. The van der Waals surface area contributed by atoms with Crippen molar-refractivity contribution in [3.8, 4) is 0 Å². The lowest BCUT2D eigenvalue weighted by Gasteiger charge is -2.30. The quantitative estimate of drug-likeness (QED) is 0.556. The molecule has 1 aliphatic rings. The first-order chi connectivity index (χ1) is 14.0. The first-order valence-corrected chi connectivity index (χ1v) is 10.7. The minimum absolute atomic E-state index is 0.105. The summed E-state index contributed by atoms with van der Waals surface area (Å²) in [5, 5.41) is 0. The Morgan fingerprint density at radius 3 is 2.28 bits per heavy atom. The lowest BCUT2D eigenvalue weighted by molar-refractivity contribution is -0.131. The van der Waals surface area contributed by atoms with Gasteiger partial charge in [-0.25, -0.2) is 4.98 Å². The largest absolute Gasteiger partial charge is 0.379 e. The van der Waals surface area contributed by atoms with Crippen molar-refractivity contribution in [2.45, 2.75) is 40.0 Å². The predicted octanol–water partition coefficient (Wildman–Crippen LogP) is 1.60. The molecule has 8 heteroatoms. The predicted molar refractivity (Wildman–Crippen MR) is 112 cm³/mol. The third-order valence-electron chi connectivity index (χ3n) is 5.01. The van der Waals surface area contributed by atoms with Crippen LogP contribution in [0.4, 0.5) is 0 Å². The van der Waals surface area contributed by atoms with E-state index in [9.17, 15) is 9.59 Å². The molecule has 162 valence electrons. The van der Waals surface area contributed by atoms with E-state index in [1.165, 1.54) is 6.20 Å². The van der Waals surface area contributed by atoms with Crippen molar-refractivity contribution >= 4 is 11.8 Å². The van der Waals surface area contributed by atoms with Crippen molar-refractivity contribution in [2.75, 3.05) is 59.0 Å². The average Bonchev–Trinajstić information content (AvgIpc) is 2.74. The Morgan fingerprint density at radius 1 is 1.00 bits per heavy atom. The van der Waals surface area contributed by atoms with Crippen molar-refractivity contribution in [3.05, 3.63) is 23.8 Å². The molecule has 1 fully saturated rings. The van der Waals surface area contributed by atoms with Gasteiger partial charge in [-0.15, -0.1) is 0 Å². The maximum absolute atomic E-state index is 13.0. The van der Waals surface area contributed by atoms with Crippen LogP contribution in [-0.4, -0.2) is 95.5 Å². The fraction of sp³-hybridized carbons (Fsp3) is 0.714. The molecule has 1 aliphatic heterocycles. The number of ether oxygens (including phenoxy) is 1. The molecule has 0 aromatic carbocycles. The highest BCUT2D eigenvalue weighted by atomic mass is 16.5. The zero-order chi connectivity index (χ0) is 21.1. The van der Waals surface area contributed by atoms with E-state index in [1.807, 2.05) is 11.8 Å². The van der Waals surface area contributed by atoms with Gasteiger partial charge in [0, 0.05) is 58.4 Å². The second-order valence-electron chi connectivity index (χ2n) is 7.42. The van der Waals surface area contributed by atoms with Crippen LogP contribution < -0.4 is 0 Å². The summed E-state index contributed by atoms with van der Waals surface area (Å²) < 4.78 is 5.40. The van der Waals surface area contributed by atoms with E-state index in [0.29, 0.717) is 25.2 Å². The number of aryl methyl sites for hydroxylation is 1. The molecular formula is C21H35N5O3. The number of amides is 2. The number of nitrogens with zero attached hydrogens (tertiary/aromatic N) is 5. The fourth-order valence-corrected chi connectivity index (χ4v) is 3.36. The third-order valence-corrected chi connectivity index (χ3v) is 5.01. The highest BCUT2D eigenvalue weighted by molar-refractivity contribution is 5.92. The molecular weight excluding hydrogens is 370 g/mol. The molecule has 0 atom stereocenters. The van der Waals surface area contributed by atoms with Gasteiger partial charge in [-0.05, 0) is 19.8 Å². The Morgan fingerprint density at radius 2 is 1.69 bits per heavy atom. The highest BCUT2D eigenvalue weighted by Crippen LogP contribution is 2.07. The molecule has 2 rings (SSSR count). The number of carbonyl (C=O) groups excluding carboxylic acids is 2. The van der Waals surface area contributed by atoms with E-state index < -0.39 is 0 Å². The average molecular weight is 406 g/mol. The van der Waals surface area contributed by atoms with E-state index in [0.717, 1.165) is 64.5 Å². The fourth-order valence-electron chi connectivity index (χ4n) is 3.36. The molecule has 2 amide bonds. The second kappa shape index (κ2) is 12.5. The molecule has 0 saturated carbocycles. The number of carbonyl (C=O) groups is 2. The van der Waals surface area contributed by atoms with Crippen molar-refractivity contribution in [3.63, 3.8) is 0 Å². The molecule has 1 aromatic heterocycles. The van der Waals surface area contributed by atoms with E-state index in [4.69, 9.17) is 4.74 Å². The number of aromatic nitrogens is 2. The molecule has 29 heavy (non-hydrogen) atoms. The van der Waals surface area contributed by atoms with Crippen LogP contribution in [0.15, 0.2) is 12.4 Å². The molecule has 2 heterocycles. The smallest absolute Gasteiger partial charge is 0.274 e. The molecule has 1 aromatic rings. The van der Waals surface area contributed by atoms with Gasteiger partial charge in [-0.1, -0.05) is 13.8 Å². The van der Waals surface area contributed by atoms with Gasteiger partial charge in [0.15, 0.2) is 0 Å². The van der Waals surface area contributed by atoms with Gasteiger partial charge >= 0.3 is 0 Å². The normalized spacial score (nSPS) is 14.6. The molecule has 0 aliphatic carbocycles. The van der Waals surface area contributed by atoms with Crippen LogP contribution in [0.25, 0.3) is 0 Å². The van der Waals surface area contributed by atoms with E-state index in [1.54, 1.807) is 11.1 Å². The number of hydrogen-bond acceptors (Lipinski definition) is 6. The summed E-state index contributed by atoms with van der Waals surface area (Å²) in [4.78, 5) is 40.0. The van der Waals surface area contributed by atoms with Crippen LogP contribution in [0, 0.1) is 6.92 Å². The van der Waals surface area contributed by atoms with Gasteiger partial charge in [0.2, 0.25) is 5.91 Å². The van der Waals surface area contributed by atoms with Crippen molar-refractivity contribution in [2.24, 2.45) is 0 Å². The Hall–Kier alpha value is -2.06. The standard InChI is InChI=1S/C21H35N5O3/c1-4-7-25(8-5-2)20(27)6-9-26(11-10-24-12-14-29-15-13-24)21(28)19-17-22-18(3)16-23-19/h16-17H,4-15H2,1-3H3. The van der Waals surface area contributed by atoms with Crippen LogP contribution >= 0.6 is 0 Å². The number of hydrogen-bond donors (Lipinski definition) is 0. The third kappa shape index (κ3) is 7.70. The van der Waals surface area contributed by atoms with E-state index in [-0.39, 0.29) is 11.8 Å². The zero-order valence-corrected chi connectivity index (χ0v) is 18.1. The summed E-state index contributed by atoms with van der Waals surface area (Å²) in [5.41, 5.74) is 1.09. The number of rotatable bonds is 11. The minimum atomic E-state index is -0.170. The van der Waals surface area contributed by atoms with Gasteiger partial charge in [-0.3, -0.25) is 19.5 Å². The van der Waals surface area contributed by atoms with E-state index in [2.05, 4.69) is 28.7 Å². The van der Waals surface area contributed by atoms with Gasteiger partial charge in [-0.2, -0.15) is 0 Å². The van der Waals surface area contributed by atoms with Crippen molar-refractivity contribution < 1.29 is 14.3 Å². The summed E-state index contributed by atoms with van der Waals surface area (Å²) in [6.45, 7) is 12.4. The molecule has 8 nitrogen and oxygen atoms in total. The van der Waals surface area contributed by atoms with Crippen LogP contribution in [0.1, 0.15) is 49.3 Å². The van der Waals surface area contributed by atoms with Gasteiger partial charge < -0.3 is 14.5 Å². The molecule has 1 saturated heterocycles. The summed E-state index contributed by atoms with van der Waals surface area (Å²) in [5.74, 6) is -0.0658. The zero-order valence-electron chi connectivity index (χ0n) is 18.1. The lowest BCUT2D eigenvalue weighted by Crippen LogP contribution is -2.44. The Labute approximate surface area is 174 Å². The first-order valence-electron chi connectivity index (χ1n) is 10.7. The summed E-state index contributed by atoms with van der Waals surface area (Å²) in [7, 11) is 0. The van der Waals surface area contributed by atoms with Crippen LogP contribution in [0.3, 0.4) is 0 Å². The SMILES string of the molecule is CCCN(CCC)C(=O)CCN(CCN1CCOCC1)C(=O)c1cnc(C)cn1. The van der Waals surface area contributed by atoms with Crippen molar-refractivity contribution in [1.29, 1.82) is 0 Å². The number of morpholine rings is 1. The molecule has 0 radical (unpaired) electrons. The summed E-state index contributed by atoms with van der Waals surface area (Å²) >= 11 is 0. The van der Waals surface area contributed by atoms with Gasteiger partial charge in [0.1, 0.15) is 5.69 Å². The van der Waals surface area contributed by atoms with Gasteiger partial charge in [0.25, 0.3) is 5.91 Å². The molecule has 0 unspecified atom stereocenters. The maximum Gasteiger partial charge on any atom is 0.274 e. The topological polar surface area (TPSA) is 78.9 Å². The summed E-state index contributed by atoms with van der Waals surface area (Å²) in [6, 6.07) is 0. The lowest BCUT2D eigenvalue weighted by atomic mass is 10.2. The van der Waals surface area contributed by atoms with Crippen molar-refractivity contribution in [1.82, 2.24) is 24.7 Å². The van der Waals surface area contributed by atoms with Gasteiger partial charge in [0.05, 0.1) is 25.1 Å².